The summed E-state index contributed by atoms with van der Waals surface area (Å²) in [6, 6.07) is 34.7. The van der Waals surface area contributed by atoms with E-state index in [0.717, 1.165) is 48.6 Å². The van der Waals surface area contributed by atoms with Gasteiger partial charge in [-0.1, -0.05) is 42.5 Å². The maximum absolute atomic E-state index is 14.8. The van der Waals surface area contributed by atoms with Crippen LogP contribution in [0.25, 0.3) is 22.5 Å². The van der Waals surface area contributed by atoms with Crippen LogP contribution in [0.3, 0.4) is 0 Å². The van der Waals surface area contributed by atoms with Crippen molar-refractivity contribution in [2.75, 3.05) is 36.0 Å². The van der Waals surface area contributed by atoms with Gasteiger partial charge in [0.1, 0.15) is 11.6 Å². The van der Waals surface area contributed by atoms with Gasteiger partial charge in [0, 0.05) is 48.7 Å². The number of piperazine rings is 1. The Hall–Kier alpha value is -5.19. The number of amides is 1. The highest BCUT2D eigenvalue weighted by molar-refractivity contribution is 6.04. The predicted octanol–water partition coefficient (Wildman–Crippen LogP) is 6.88. The molecule has 4 aromatic carbocycles. The molecule has 1 saturated heterocycles. The van der Waals surface area contributed by atoms with Gasteiger partial charge in [-0.3, -0.25) is 4.79 Å². The number of hydrogen-bond donors (Lipinski definition) is 1. The first-order chi connectivity index (χ1) is 20.6. The normalized spacial score (nSPS) is 13.0. The molecule has 1 aromatic heterocycles. The van der Waals surface area contributed by atoms with Crippen LogP contribution in [-0.4, -0.2) is 32.1 Å². The zero-order valence-corrected chi connectivity index (χ0v) is 23.0. The van der Waals surface area contributed by atoms with Crippen molar-refractivity contribution in [1.29, 1.82) is 5.26 Å². The Morgan fingerprint density at radius 3 is 2.26 bits per heavy atom. The summed E-state index contributed by atoms with van der Waals surface area (Å²) in [6.07, 6.45) is 0. The van der Waals surface area contributed by atoms with Crippen molar-refractivity contribution in [3.8, 4) is 28.5 Å². The molecule has 1 N–H and O–H groups in total. The molecule has 7 heteroatoms. The fourth-order valence-electron chi connectivity index (χ4n) is 5.27. The smallest absolute Gasteiger partial charge is 0.294 e. The molecule has 0 atom stereocenters. The number of halogens is 1. The third-order valence-electron chi connectivity index (χ3n) is 7.51. The lowest BCUT2D eigenvalue weighted by Crippen LogP contribution is -2.43. The van der Waals surface area contributed by atoms with Crippen molar-refractivity contribution in [3.63, 3.8) is 0 Å². The van der Waals surface area contributed by atoms with Crippen molar-refractivity contribution in [2.24, 2.45) is 0 Å². The van der Waals surface area contributed by atoms with Crippen LogP contribution in [0, 0.1) is 17.1 Å². The van der Waals surface area contributed by atoms with Gasteiger partial charge in [-0.15, -0.1) is 0 Å². The van der Waals surface area contributed by atoms with Crippen LogP contribution in [0.5, 0.6) is 0 Å². The van der Waals surface area contributed by atoms with Crippen LogP contribution < -0.4 is 15.1 Å². The topological polar surface area (TPSA) is 72.5 Å². The van der Waals surface area contributed by atoms with E-state index in [1.54, 1.807) is 59.5 Å². The van der Waals surface area contributed by atoms with E-state index in [1.165, 1.54) is 6.07 Å². The first-order valence-corrected chi connectivity index (χ1v) is 13.9. The third-order valence-corrected chi connectivity index (χ3v) is 7.51. The number of rotatable bonds is 7. The highest BCUT2D eigenvalue weighted by atomic mass is 19.1. The van der Waals surface area contributed by atoms with Crippen LogP contribution in [0.15, 0.2) is 114 Å². The van der Waals surface area contributed by atoms with E-state index in [-0.39, 0.29) is 24.0 Å². The van der Waals surface area contributed by atoms with E-state index < -0.39 is 0 Å². The third kappa shape index (κ3) is 5.67. The molecule has 0 spiro atoms. The van der Waals surface area contributed by atoms with E-state index in [9.17, 15) is 9.18 Å². The van der Waals surface area contributed by atoms with E-state index in [4.69, 9.17) is 9.68 Å². The Morgan fingerprint density at radius 2 is 1.55 bits per heavy atom. The van der Waals surface area contributed by atoms with Gasteiger partial charge in [-0.05, 0) is 77.9 Å². The number of nitrogens with one attached hydrogen (secondary N) is 1. The zero-order chi connectivity index (χ0) is 28.9. The van der Waals surface area contributed by atoms with Crippen LogP contribution in [0.4, 0.5) is 15.8 Å². The Bertz CT molecular complexity index is 1730. The molecule has 1 aliphatic heterocycles. The average Bonchev–Trinajstić information content (AvgIpc) is 3.55. The number of carbonyl (C=O) groups excluding carboxylic acids is 1. The molecule has 6 nitrogen and oxygen atoms in total. The Labute approximate surface area is 244 Å². The molecule has 6 rings (SSSR count). The summed E-state index contributed by atoms with van der Waals surface area (Å²) >= 11 is 0. The lowest BCUT2D eigenvalue weighted by Gasteiger charge is -2.30. The van der Waals surface area contributed by atoms with Crippen molar-refractivity contribution >= 4 is 17.3 Å². The highest BCUT2D eigenvalue weighted by Gasteiger charge is 2.24. The summed E-state index contributed by atoms with van der Waals surface area (Å²) in [5.41, 5.74) is 5.13. The molecule has 0 unspecified atom stereocenters. The van der Waals surface area contributed by atoms with E-state index in [1.807, 2.05) is 48.5 Å². The molecule has 0 aliphatic carbocycles. The van der Waals surface area contributed by atoms with Gasteiger partial charge in [0.2, 0.25) is 0 Å². The molecule has 1 aliphatic rings. The van der Waals surface area contributed by atoms with Crippen molar-refractivity contribution < 1.29 is 13.6 Å². The van der Waals surface area contributed by atoms with Gasteiger partial charge in [0.25, 0.3) is 5.91 Å². The number of carbonyl (C=O) groups is 1. The molecule has 0 radical (unpaired) electrons. The summed E-state index contributed by atoms with van der Waals surface area (Å²) in [4.78, 5) is 18.1. The summed E-state index contributed by atoms with van der Waals surface area (Å²) in [5.74, 6) is 0.0852. The molecule has 1 fully saturated rings. The van der Waals surface area contributed by atoms with E-state index in [2.05, 4.69) is 16.3 Å². The molecule has 42 heavy (non-hydrogen) atoms. The summed E-state index contributed by atoms with van der Waals surface area (Å²) < 4.78 is 20.9. The van der Waals surface area contributed by atoms with Crippen molar-refractivity contribution in [2.45, 2.75) is 6.54 Å². The first-order valence-electron chi connectivity index (χ1n) is 13.9. The van der Waals surface area contributed by atoms with Gasteiger partial charge < -0.3 is 19.5 Å². The summed E-state index contributed by atoms with van der Waals surface area (Å²) in [5, 5.41) is 12.5. The van der Waals surface area contributed by atoms with Gasteiger partial charge in [0.15, 0.2) is 5.76 Å². The summed E-state index contributed by atoms with van der Waals surface area (Å²) in [7, 11) is 0. The molecular weight excluding hydrogens is 527 g/mol. The average molecular weight is 557 g/mol. The first kappa shape index (κ1) is 27.0. The number of anilines is 2. The Morgan fingerprint density at radius 1 is 0.857 bits per heavy atom. The summed E-state index contributed by atoms with van der Waals surface area (Å²) in [6.45, 7) is 3.91. The highest BCUT2D eigenvalue weighted by Crippen LogP contribution is 2.31. The molecule has 208 valence electrons. The Kier molecular flexibility index (Phi) is 7.80. The number of nitriles is 1. The van der Waals surface area contributed by atoms with Crippen LogP contribution >= 0.6 is 0 Å². The molecule has 0 bridgehead atoms. The van der Waals surface area contributed by atoms with Crippen molar-refractivity contribution in [1.82, 2.24) is 5.32 Å². The zero-order valence-electron chi connectivity index (χ0n) is 23.0. The maximum Gasteiger partial charge on any atom is 0.294 e. The quantitative estimate of drug-likeness (QED) is 0.237. The minimum Gasteiger partial charge on any atom is -0.451 e. The number of hydrogen-bond acceptors (Lipinski definition) is 5. The van der Waals surface area contributed by atoms with Gasteiger partial charge in [0.05, 0.1) is 18.2 Å². The molecule has 0 saturated carbocycles. The second-order valence-electron chi connectivity index (χ2n) is 10.1. The molecular formula is C35H29FN4O2. The SMILES string of the molecule is N#Cc1ccc(-c2ccc(C(=O)N(Cc3ccccc3-c3ccccc3F)c3ccc(N4CCNCC4)cc3)o2)cc1. The fraction of sp³-hybridized carbons (Fsp3) is 0.143. The minimum atomic E-state index is -0.318. The lowest BCUT2D eigenvalue weighted by atomic mass is 9.98. The number of furan rings is 1. The predicted molar refractivity (Wildman–Crippen MR) is 163 cm³/mol. The molecule has 5 aromatic rings. The standard InChI is InChI=1S/C35H29FN4O2/c36-32-8-4-3-7-31(32)30-6-2-1-5-27(30)24-40(29-15-13-28(14-16-29)39-21-19-38-20-22-39)35(41)34-18-17-33(42-34)26-11-9-25(23-37)10-12-26/h1-18,38H,19-22,24H2. The van der Waals surface area contributed by atoms with Gasteiger partial charge >= 0.3 is 0 Å². The van der Waals surface area contributed by atoms with Gasteiger partial charge in [-0.2, -0.15) is 5.26 Å². The fourth-order valence-corrected chi connectivity index (χ4v) is 5.27. The second kappa shape index (κ2) is 12.1. The Balaban J connectivity index is 1.36. The maximum atomic E-state index is 14.8. The van der Waals surface area contributed by atoms with E-state index >= 15 is 0 Å². The van der Waals surface area contributed by atoms with Crippen LogP contribution in [-0.2, 0) is 6.54 Å². The van der Waals surface area contributed by atoms with Crippen LogP contribution in [0.2, 0.25) is 0 Å². The molecule has 1 amide bonds. The van der Waals surface area contributed by atoms with Crippen LogP contribution in [0.1, 0.15) is 21.7 Å². The van der Waals surface area contributed by atoms with Crippen molar-refractivity contribution in [3.05, 3.63) is 132 Å². The van der Waals surface area contributed by atoms with E-state index in [0.29, 0.717) is 22.6 Å². The number of benzene rings is 4. The molecule has 2 heterocycles. The number of nitrogens with zero attached hydrogens (tertiary/aromatic N) is 3. The minimum absolute atomic E-state index is 0.184. The van der Waals surface area contributed by atoms with Gasteiger partial charge in [-0.25, -0.2) is 4.39 Å². The monoisotopic (exact) mass is 556 g/mol. The lowest BCUT2D eigenvalue weighted by molar-refractivity contribution is 0.0959. The second-order valence-corrected chi connectivity index (χ2v) is 10.1. The largest absolute Gasteiger partial charge is 0.451 e.